The molecule has 5 heteroatoms. The lowest BCUT2D eigenvalue weighted by atomic mass is 10.1. The van der Waals surface area contributed by atoms with Gasteiger partial charge in [0.15, 0.2) is 6.10 Å². The second-order valence-corrected chi connectivity index (χ2v) is 6.43. The van der Waals surface area contributed by atoms with Crippen LogP contribution in [0.4, 0.5) is 4.79 Å². The van der Waals surface area contributed by atoms with Crippen molar-refractivity contribution in [2.75, 3.05) is 13.2 Å². The van der Waals surface area contributed by atoms with Gasteiger partial charge in [-0.3, -0.25) is 0 Å². The first-order chi connectivity index (χ1) is 9.83. The minimum absolute atomic E-state index is 0.0475. The number of aryl methyl sites for hydroxylation is 1. The molecule has 1 aliphatic heterocycles. The van der Waals surface area contributed by atoms with Gasteiger partial charge in [0.05, 0.1) is 6.54 Å². The zero-order valence-corrected chi connectivity index (χ0v) is 13.2. The van der Waals surface area contributed by atoms with E-state index in [2.05, 4.69) is 44.4 Å². The highest BCUT2D eigenvalue weighted by molar-refractivity contribution is 5.69. The van der Waals surface area contributed by atoms with E-state index in [0.717, 1.165) is 17.9 Å². The van der Waals surface area contributed by atoms with Gasteiger partial charge in [-0.25, -0.2) is 4.79 Å². The Morgan fingerprint density at radius 1 is 1.43 bits per heavy atom. The zero-order chi connectivity index (χ0) is 15.5. The largest absolute Gasteiger partial charge is 0.489 e. The highest BCUT2D eigenvalue weighted by atomic mass is 16.6. The molecule has 0 spiro atoms. The molecule has 1 atom stereocenters. The van der Waals surface area contributed by atoms with Crippen LogP contribution >= 0.6 is 0 Å². The first kappa shape index (κ1) is 15.6. The molecule has 1 fully saturated rings. The minimum Gasteiger partial charge on any atom is -0.489 e. The monoisotopic (exact) mass is 292 g/mol. The highest BCUT2D eigenvalue weighted by Gasteiger charge is 2.23. The van der Waals surface area contributed by atoms with Crippen molar-refractivity contribution in [3.63, 3.8) is 0 Å². The molecule has 1 aromatic rings. The van der Waals surface area contributed by atoms with Crippen molar-refractivity contribution in [1.29, 1.82) is 0 Å². The average Bonchev–Trinajstić information content (AvgIpc) is 2.80. The molecular formula is C16H24N2O3. The van der Waals surface area contributed by atoms with Gasteiger partial charge < -0.3 is 20.1 Å². The molecule has 5 nitrogen and oxygen atoms in total. The number of rotatable bonds is 5. The number of cyclic esters (lactones) is 1. The van der Waals surface area contributed by atoms with Crippen molar-refractivity contribution in [1.82, 2.24) is 10.6 Å². The van der Waals surface area contributed by atoms with Gasteiger partial charge in [0.25, 0.3) is 0 Å². The first-order valence-corrected chi connectivity index (χ1v) is 7.25. The predicted molar refractivity (Wildman–Crippen MR) is 81.5 cm³/mol. The summed E-state index contributed by atoms with van der Waals surface area (Å²) < 4.78 is 10.9. The van der Waals surface area contributed by atoms with Crippen molar-refractivity contribution in [3.8, 4) is 5.75 Å². The van der Waals surface area contributed by atoms with E-state index in [1.54, 1.807) is 0 Å². The fourth-order valence-corrected chi connectivity index (χ4v) is 2.06. The zero-order valence-electron chi connectivity index (χ0n) is 13.2. The van der Waals surface area contributed by atoms with E-state index < -0.39 is 0 Å². The standard InChI is InChI=1S/C16H24N2O3/c1-11-5-6-14(12(7-11)8-18-16(2,3)4)20-10-13-9-17-15(19)21-13/h5-7,13,18H,8-10H2,1-4H3,(H,17,19). The third-order valence-electron chi connectivity index (χ3n) is 3.20. The summed E-state index contributed by atoms with van der Waals surface area (Å²) in [6, 6.07) is 6.11. The lowest BCUT2D eigenvalue weighted by Crippen LogP contribution is -2.35. The average molecular weight is 292 g/mol. The maximum Gasteiger partial charge on any atom is 0.407 e. The Kier molecular flexibility index (Phi) is 4.73. The van der Waals surface area contributed by atoms with Crippen molar-refractivity contribution in [2.45, 2.75) is 45.9 Å². The Balaban J connectivity index is 1.99. The first-order valence-electron chi connectivity index (χ1n) is 7.25. The molecule has 0 aliphatic carbocycles. The molecule has 1 saturated heterocycles. The maximum absolute atomic E-state index is 11.0. The van der Waals surface area contributed by atoms with Crippen molar-refractivity contribution < 1.29 is 14.3 Å². The molecule has 2 rings (SSSR count). The topological polar surface area (TPSA) is 59.6 Å². The normalized spacial score (nSPS) is 18.3. The fourth-order valence-electron chi connectivity index (χ4n) is 2.06. The summed E-state index contributed by atoms with van der Waals surface area (Å²) in [5, 5.41) is 6.08. The van der Waals surface area contributed by atoms with Crippen LogP contribution in [-0.2, 0) is 11.3 Å². The van der Waals surface area contributed by atoms with Crippen molar-refractivity contribution >= 4 is 6.09 Å². The number of amides is 1. The van der Waals surface area contributed by atoms with Gasteiger partial charge in [0.2, 0.25) is 0 Å². The van der Waals surface area contributed by atoms with Gasteiger partial charge in [-0.15, -0.1) is 0 Å². The van der Waals surface area contributed by atoms with E-state index in [1.165, 1.54) is 5.56 Å². The van der Waals surface area contributed by atoms with E-state index in [4.69, 9.17) is 9.47 Å². The van der Waals surface area contributed by atoms with Gasteiger partial charge in [-0.1, -0.05) is 17.7 Å². The fraction of sp³-hybridized carbons (Fsp3) is 0.562. The molecule has 1 aromatic carbocycles. The van der Waals surface area contributed by atoms with Crippen LogP contribution in [0.1, 0.15) is 31.9 Å². The summed E-state index contributed by atoms with van der Waals surface area (Å²) in [4.78, 5) is 11.0. The van der Waals surface area contributed by atoms with E-state index in [1.807, 2.05) is 12.1 Å². The summed E-state index contributed by atoms with van der Waals surface area (Å²) in [5.41, 5.74) is 2.36. The predicted octanol–water partition coefficient (Wildman–Crippen LogP) is 2.37. The number of hydrogen-bond acceptors (Lipinski definition) is 4. The van der Waals surface area contributed by atoms with Crippen molar-refractivity contribution in [3.05, 3.63) is 29.3 Å². The van der Waals surface area contributed by atoms with Crippen LogP contribution in [0.15, 0.2) is 18.2 Å². The Hall–Kier alpha value is -1.75. The number of hydrogen-bond donors (Lipinski definition) is 2. The molecule has 1 amide bonds. The lowest BCUT2D eigenvalue weighted by Gasteiger charge is -2.22. The van der Waals surface area contributed by atoms with E-state index in [-0.39, 0.29) is 17.7 Å². The lowest BCUT2D eigenvalue weighted by molar-refractivity contribution is 0.104. The number of alkyl carbamates (subject to hydrolysis) is 1. The summed E-state index contributed by atoms with van der Waals surface area (Å²) in [6.45, 7) is 10.1. The summed E-state index contributed by atoms with van der Waals surface area (Å²) in [7, 11) is 0. The smallest absolute Gasteiger partial charge is 0.407 e. The van der Waals surface area contributed by atoms with Crippen LogP contribution in [0, 0.1) is 6.92 Å². The molecule has 116 valence electrons. The third kappa shape index (κ3) is 4.93. The maximum atomic E-state index is 11.0. The summed E-state index contributed by atoms with van der Waals surface area (Å²) >= 11 is 0. The highest BCUT2D eigenvalue weighted by Crippen LogP contribution is 2.21. The number of ether oxygens (including phenoxy) is 2. The number of carbonyl (C=O) groups is 1. The van der Waals surface area contributed by atoms with Crippen LogP contribution in [0.3, 0.4) is 0 Å². The van der Waals surface area contributed by atoms with E-state index >= 15 is 0 Å². The molecule has 2 N–H and O–H groups in total. The van der Waals surface area contributed by atoms with Gasteiger partial charge in [0.1, 0.15) is 12.4 Å². The molecule has 21 heavy (non-hydrogen) atoms. The second-order valence-electron chi connectivity index (χ2n) is 6.43. The van der Waals surface area contributed by atoms with E-state index in [9.17, 15) is 4.79 Å². The minimum atomic E-state index is -0.373. The molecule has 1 aliphatic rings. The molecule has 0 bridgehead atoms. The van der Waals surface area contributed by atoms with Crippen LogP contribution in [0.25, 0.3) is 0 Å². The third-order valence-corrected chi connectivity index (χ3v) is 3.20. The number of nitrogens with one attached hydrogen (secondary N) is 2. The van der Waals surface area contributed by atoms with Gasteiger partial charge in [-0.05, 0) is 33.8 Å². The van der Waals surface area contributed by atoms with Crippen molar-refractivity contribution in [2.24, 2.45) is 0 Å². The SMILES string of the molecule is Cc1ccc(OCC2CNC(=O)O2)c(CNC(C)(C)C)c1. The van der Waals surface area contributed by atoms with Gasteiger partial charge in [-0.2, -0.15) is 0 Å². The molecule has 0 radical (unpaired) electrons. The summed E-state index contributed by atoms with van der Waals surface area (Å²) in [5.74, 6) is 0.834. The number of benzene rings is 1. The Morgan fingerprint density at radius 3 is 2.81 bits per heavy atom. The molecule has 1 heterocycles. The van der Waals surface area contributed by atoms with Gasteiger partial charge >= 0.3 is 6.09 Å². The Labute approximate surface area is 126 Å². The molecular weight excluding hydrogens is 268 g/mol. The molecule has 1 unspecified atom stereocenters. The Morgan fingerprint density at radius 2 is 2.19 bits per heavy atom. The quantitative estimate of drug-likeness (QED) is 0.874. The van der Waals surface area contributed by atoms with Crippen LogP contribution in [-0.4, -0.2) is 30.9 Å². The van der Waals surface area contributed by atoms with Crippen LogP contribution < -0.4 is 15.4 Å². The number of carbonyl (C=O) groups excluding carboxylic acids is 1. The molecule has 0 aromatic heterocycles. The van der Waals surface area contributed by atoms with Crippen LogP contribution in [0.5, 0.6) is 5.75 Å². The Bertz CT molecular complexity index is 509. The van der Waals surface area contributed by atoms with E-state index in [0.29, 0.717) is 13.2 Å². The second kappa shape index (κ2) is 6.35. The van der Waals surface area contributed by atoms with Gasteiger partial charge in [0, 0.05) is 17.6 Å². The summed E-state index contributed by atoms with van der Waals surface area (Å²) in [6.07, 6.45) is -0.593. The van der Waals surface area contributed by atoms with Crippen LogP contribution in [0.2, 0.25) is 0 Å². The molecule has 0 saturated carbocycles.